The summed E-state index contributed by atoms with van der Waals surface area (Å²) in [5.41, 5.74) is 5.69. The molecule has 0 bridgehead atoms. The summed E-state index contributed by atoms with van der Waals surface area (Å²) in [4.78, 5) is 0. The Kier molecular flexibility index (Phi) is 4.14. The molecule has 0 fully saturated rings. The normalized spacial score (nSPS) is 13.6. The number of allylic oxidation sites excluding steroid dienone is 1. The third-order valence-electron chi connectivity index (χ3n) is 4.20. The van der Waals surface area contributed by atoms with Gasteiger partial charge in [-0.15, -0.1) is 0 Å². The number of anilines is 1. The molecule has 1 heterocycles. The second-order valence-corrected chi connectivity index (χ2v) is 5.99. The summed E-state index contributed by atoms with van der Waals surface area (Å²) in [7, 11) is 0. The lowest BCUT2D eigenvalue weighted by atomic mass is 10.0. The van der Waals surface area contributed by atoms with Crippen LogP contribution in [-0.4, -0.2) is 21.0 Å². The molecule has 4 N–H and O–H groups in total. The van der Waals surface area contributed by atoms with Crippen LogP contribution in [0.4, 0.5) is 5.69 Å². The molecule has 3 aromatic rings. The van der Waals surface area contributed by atoms with Gasteiger partial charge in [0.2, 0.25) is 0 Å². The Morgan fingerprint density at radius 2 is 1.22 bits per heavy atom. The van der Waals surface area contributed by atoms with Crippen LogP contribution in [0, 0.1) is 0 Å². The average molecular weight is 359 g/mol. The molecule has 1 aliphatic rings. The van der Waals surface area contributed by atoms with Crippen LogP contribution in [0.25, 0.3) is 5.70 Å². The van der Waals surface area contributed by atoms with Gasteiger partial charge in [0, 0.05) is 11.1 Å². The average Bonchev–Trinajstić information content (AvgIpc) is 2.69. The number of hydrogen-bond acceptors (Lipinski definition) is 6. The fourth-order valence-corrected chi connectivity index (χ4v) is 2.86. The van der Waals surface area contributed by atoms with Crippen molar-refractivity contribution in [3.63, 3.8) is 0 Å². The van der Waals surface area contributed by atoms with E-state index in [-0.39, 0.29) is 17.2 Å². The van der Waals surface area contributed by atoms with Gasteiger partial charge in [0.15, 0.2) is 0 Å². The first-order valence-corrected chi connectivity index (χ1v) is 8.35. The second kappa shape index (κ2) is 6.76. The van der Waals surface area contributed by atoms with E-state index in [9.17, 15) is 15.3 Å². The van der Waals surface area contributed by atoms with Crippen LogP contribution >= 0.6 is 0 Å². The number of phenolic OH excluding ortho intramolecular Hbond substituents is 3. The van der Waals surface area contributed by atoms with Crippen LogP contribution in [0.15, 0.2) is 84.0 Å². The summed E-state index contributed by atoms with van der Waals surface area (Å²) in [5.74, 6) is 0.235. The van der Waals surface area contributed by atoms with Crippen molar-refractivity contribution in [3.05, 3.63) is 90.0 Å². The molecule has 0 aliphatic carbocycles. The van der Waals surface area contributed by atoms with E-state index in [1.54, 1.807) is 72.8 Å². The molecule has 6 nitrogen and oxygen atoms in total. The first kappa shape index (κ1) is 16.5. The molecule has 134 valence electrons. The van der Waals surface area contributed by atoms with E-state index >= 15 is 0 Å². The number of nitrogens with zero attached hydrogens (tertiary/aromatic N) is 2. The SMILES string of the molecule is Oc1ccccc1C1=CC(c2ccccc2O)=NN(c2ccccc2O)N1. The van der Waals surface area contributed by atoms with Crippen molar-refractivity contribution in [2.45, 2.75) is 0 Å². The van der Waals surface area contributed by atoms with Crippen LogP contribution in [0.2, 0.25) is 0 Å². The van der Waals surface area contributed by atoms with E-state index in [0.717, 1.165) is 0 Å². The van der Waals surface area contributed by atoms with Crippen LogP contribution in [-0.2, 0) is 0 Å². The molecule has 4 rings (SSSR count). The lowest BCUT2D eigenvalue weighted by Gasteiger charge is -2.28. The van der Waals surface area contributed by atoms with Gasteiger partial charge in [0.1, 0.15) is 22.9 Å². The maximum atomic E-state index is 10.2. The zero-order chi connectivity index (χ0) is 18.8. The van der Waals surface area contributed by atoms with Gasteiger partial charge in [-0.1, -0.05) is 36.4 Å². The number of hydrazone groups is 1. The fraction of sp³-hybridized carbons (Fsp3) is 0. The maximum Gasteiger partial charge on any atom is 0.143 e. The molecule has 3 aromatic carbocycles. The van der Waals surface area contributed by atoms with E-state index in [0.29, 0.717) is 28.2 Å². The lowest BCUT2D eigenvalue weighted by molar-refractivity contribution is 0.471. The largest absolute Gasteiger partial charge is 0.507 e. The quantitative estimate of drug-likeness (QED) is 0.574. The molecule has 0 saturated heterocycles. The van der Waals surface area contributed by atoms with Gasteiger partial charge >= 0.3 is 0 Å². The van der Waals surface area contributed by atoms with Crippen molar-refractivity contribution < 1.29 is 15.3 Å². The summed E-state index contributed by atoms with van der Waals surface area (Å²) < 4.78 is 0. The number of aromatic hydroxyl groups is 3. The Morgan fingerprint density at radius 1 is 0.667 bits per heavy atom. The first-order chi connectivity index (χ1) is 13.1. The van der Waals surface area contributed by atoms with Crippen LogP contribution in [0.3, 0.4) is 0 Å². The molecular weight excluding hydrogens is 342 g/mol. The van der Waals surface area contributed by atoms with Crippen molar-refractivity contribution in [2.24, 2.45) is 5.10 Å². The van der Waals surface area contributed by atoms with E-state index in [1.807, 2.05) is 6.07 Å². The molecule has 0 aromatic heterocycles. The highest BCUT2D eigenvalue weighted by atomic mass is 16.3. The molecule has 0 unspecified atom stereocenters. The van der Waals surface area contributed by atoms with Gasteiger partial charge < -0.3 is 15.3 Å². The smallest absolute Gasteiger partial charge is 0.143 e. The van der Waals surface area contributed by atoms with Gasteiger partial charge in [-0.25, -0.2) is 0 Å². The van der Waals surface area contributed by atoms with Crippen LogP contribution in [0.1, 0.15) is 11.1 Å². The zero-order valence-corrected chi connectivity index (χ0v) is 14.2. The Morgan fingerprint density at radius 3 is 1.85 bits per heavy atom. The first-order valence-electron chi connectivity index (χ1n) is 8.35. The van der Waals surface area contributed by atoms with Gasteiger partial charge in [-0.05, 0) is 42.5 Å². The molecule has 27 heavy (non-hydrogen) atoms. The molecule has 1 aliphatic heterocycles. The number of hydrazine groups is 1. The number of para-hydroxylation sites is 4. The van der Waals surface area contributed by atoms with Crippen LogP contribution < -0.4 is 10.5 Å². The fourth-order valence-electron chi connectivity index (χ4n) is 2.86. The lowest BCUT2D eigenvalue weighted by Crippen LogP contribution is -2.36. The van der Waals surface area contributed by atoms with Gasteiger partial charge in [0.05, 0.1) is 11.4 Å². The van der Waals surface area contributed by atoms with E-state index < -0.39 is 0 Å². The summed E-state index contributed by atoms with van der Waals surface area (Å²) in [6, 6.07) is 20.5. The van der Waals surface area contributed by atoms with E-state index in [1.165, 1.54) is 5.12 Å². The molecule has 0 saturated carbocycles. The van der Waals surface area contributed by atoms with E-state index in [4.69, 9.17) is 0 Å². The Labute approximate surface area is 155 Å². The Bertz CT molecular complexity index is 1060. The summed E-state index contributed by atoms with van der Waals surface area (Å²) in [5, 5.41) is 36.6. The summed E-state index contributed by atoms with van der Waals surface area (Å²) in [6.07, 6.45) is 1.74. The van der Waals surface area contributed by atoms with E-state index in [2.05, 4.69) is 10.5 Å². The predicted molar refractivity (Wildman–Crippen MR) is 104 cm³/mol. The van der Waals surface area contributed by atoms with Gasteiger partial charge in [-0.3, -0.25) is 5.43 Å². The topological polar surface area (TPSA) is 88.3 Å². The standard InChI is InChI=1S/C21H17N3O3/c25-19-10-4-1-7-14(19)16-13-17(15-8-2-5-11-20(15)26)23-24(22-16)18-9-3-6-12-21(18)27/h1-13,22,25-27H. The summed E-state index contributed by atoms with van der Waals surface area (Å²) >= 11 is 0. The highest BCUT2D eigenvalue weighted by Gasteiger charge is 2.21. The zero-order valence-electron chi connectivity index (χ0n) is 14.2. The van der Waals surface area contributed by atoms with Crippen molar-refractivity contribution in [2.75, 3.05) is 5.12 Å². The third kappa shape index (κ3) is 3.16. The van der Waals surface area contributed by atoms with Gasteiger partial charge in [-0.2, -0.15) is 10.2 Å². The van der Waals surface area contributed by atoms with Gasteiger partial charge in [0.25, 0.3) is 0 Å². The molecule has 6 heteroatoms. The Hall–Kier alpha value is -3.93. The van der Waals surface area contributed by atoms with Crippen LogP contribution in [0.5, 0.6) is 17.2 Å². The number of benzene rings is 3. The molecule has 0 spiro atoms. The number of rotatable bonds is 3. The minimum Gasteiger partial charge on any atom is -0.507 e. The minimum absolute atomic E-state index is 0.0453. The molecule has 0 amide bonds. The molecule has 0 radical (unpaired) electrons. The van der Waals surface area contributed by atoms with Crippen molar-refractivity contribution in [1.29, 1.82) is 0 Å². The Balaban J connectivity index is 1.86. The predicted octanol–water partition coefficient (Wildman–Crippen LogP) is 3.57. The highest BCUT2D eigenvalue weighted by molar-refractivity contribution is 6.15. The second-order valence-electron chi connectivity index (χ2n) is 5.99. The molecular formula is C21H17N3O3. The minimum atomic E-state index is 0.0453. The van der Waals surface area contributed by atoms with Crippen molar-refractivity contribution in [1.82, 2.24) is 5.43 Å². The number of nitrogens with one attached hydrogen (secondary N) is 1. The van der Waals surface area contributed by atoms with Crippen molar-refractivity contribution >= 4 is 17.1 Å². The third-order valence-corrected chi connectivity index (χ3v) is 4.20. The monoisotopic (exact) mass is 359 g/mol. The number of phenols is 3. The highest BCUT2D eigenvalue weighted by Crippen LogP contribution is 2.32. The summed E-state index contributed by atoms with van der Waals surface area (Å²) in [6.45, 7) is 0. The number of hydrogen-bond donors (Lipinski definition) is 4. The maximum absolute atomic E-state index is 10.2. The molecule has 0 atom stereocenters. The van der Waals surface area contributed by atoms with Crippen molar-refractivity contribution in [3.8, 4) is 17.2 Å².